The summed E-state index contributed by atoms with van der Waals surface area (Å²) < 4.78 is 0. The van der Waals surface area contributed by atoms with Gasteiger partial charge in [0.05, 0.1) is 0 Å². The molecule has 2 aromatic heterocycles. The number of aromatic nitrogens is 3. The third kappa shape index (κ3) is 1.02. The van der Waals surface area contributed by atoms with Crippen LogP contribution in [0.3, 0.4) is 0 Å². The second-order valence-corrected chi connectivity index (χ2v) is 4.97. The van der Waals surface area contributed by atoms with E-state index in [1.54, 1.807) is 11.3 Å². The number of nitrogens with two attached hydrogens (primary N) is 1. The normalized spacial score (nSPS) is 18.6. The molecule has 1 aliphatic rings. The highest BCUT2D eigenvalue weighted by molar-refractivity contribution is 7.18. The second-order valence-electron chi connectivity index (χ2n) is 3.99. The molecule has 0 atom stereocenters. The van der Waals surface area contributed by atoms with Gasteiger partial charge in [0.15, 0.2) is 5.82 Å². The Kier molecular flexibility index (Phi) is 1.40. The number of thiazole rings is 1. The molecule has 5 heteroatoms. The van der Waals surface area contributed by atoms with Gasteiger partial charge in [-0.05, 0) is 12.8 Å². The molecule has 0 radical (unpaired) electrons. The van der Waals surface area contributed by atoms with Gasteiger partial charge in [-0.1, -0.05) is 18.3 Å². The predicted molar refractivity (Wildman–Crippen MR) is 56.2 cm³/mol. The summed E-state index contributed by atoms with van der Waals surface area (Å²) in [6, 6.07) is 0. The molecule has 0 bridgehead atoms. The first-order chi connectivity index (χ1) is 6.69. The van der Waals surface area contributed by atoms with Gasteiger partial charge in [0.25, 0.3) is 0 Å². The van der Waals surface area contributed by atoms with Gasteiger partial charge in [-0.15, -0.1) is 0 Å². The Bertz CT molecular complexity index is 500. The minimum Gasteiger partial charge on any atom is -0.382 e. The first-order valence-electron chi connectivity index (χ1n) is 4.56. The number of hydrogen-bond donors (Lipinski definition) is 1. The van der Waals surface area contributed by atoms with E-state index in [1.165, 1.54) is 19.2 Å². The molecule has 72 valence electrons. The van der Waals surface area contributed by atoms with E-state index in [2.05, 4.69) is 21.9 Å². The lowest BCUT2D eigenvalue weighted by Crippen LogP contribution is -1.98. The summed E-state index contributed by atoms with van der Waals surface area (Å²) >= 11 is 1.64. The first-order valence-corrected chi connectivity index (χ1v) is 5.38. The predicted octanol–water partition coefficient (Wildman–Crippen LogP) is 1.72. The zero-order valence-corrected chi connectivity index (χ0v) is 8.64. The maximum Gasteiger partial charge on any atom is 0.154 e. The van der Waals surface area contributed by atoms with Crippen molar-refractivity contribution in [2.24, 2.45) is 0 Å². The van der Waals surface area contributed by atoms with Gasteiger partial charge in [0.2, 0.25) is 0 Å². The molecular formula is C9H10N4S. The third-order valence-corrected chi connectivity index (χ3v) is 4.01. The van der Waals surface area contributed by atoms with Gasteiger partial charge in [0, 0.05) is 5.41 Å². The van der Waals surface area contributed by atoms with E-state index in [0.29, 0.717) is 5.82 Å². The molecule has 0 aromatic carbocycles. The summed E-state index contributed by atoms with van der Waals surface area (Å²) in [6.07, 6.45) is 3.94. The van der Waals surface area contributed by atoms with Crippen LogP contribution in [0.4, 0.5) is 5.82 Å². The molecule has 0 saturated heterocycles. The monoisotopic (exact) mass is 206 g/mol. The van der Waals surface area contributed by atoms with Crippen molar-refractivity contribution in [1.29, 1.82) is 0 Å². The number of anilines is 1. The lowest BCUT2D eigenvalue weighted by molar-refractivity contribution is 0.780. The van der Waals surface area contributed by atoms with E-state index >= 15 is 0 Å². The Hall–Kier alpha value is -1.23. The summed E-state index contributed by atoms with van der Waals surface area (Å²) in [6.45, 7) is 2.23. The minimum absolute atomic E-state index is 0.289. The van der Waals surface area contributed by atoms with Crippen molar-refractivity contribution >= 4 is 27.5 Å². The molecule has 0 spiro atoms. The van der Waals surface area contributed by atoms with E-state index in [-0.39, 0.29) is 5.41 Å². The summed E-state index contributed by atoms with van der Waals surface area (Å²) in [7, 11) is 0. The van der Waals surface area contributed by atoms with Crippen molar-refractivity contribution in [3.05, 3.63) is 11.3 Å². The molecule has 4 nitrogen and oxygen atoms in total. The fourth-order valence-electron chi connectivity index (χ4n) is 1.43. The summed E-state index contributed by atoms with van der Waals surface area (Å²) in [5, 5.41) is 1.15. The number of nitrogens with zero attached hydrogens (tertiary/aromatic N) is 3. The van der Waals surface area contributed by atoms with Gasteiger partial charge in [0.1, 0.15) is 21.7 Å². The molecule has 2 aromatic rings. The van der Waals surface area contributed by atoms with Crippen LogP contribution in [0.15, 0.2) is 6.33 Å². The second kappa shape index (κ2) is 2.42. The van der Waals surface area contributed by atoms with E-state index < -0.39 is 0 Å². The Morgan fingerprint density at radius 2 is 2.21 bits per heavy atom. The molecule has 0 unspecified atom stereocenters. The summed E-state index contributed by atoms with van der Waals surface area (Å²) in [4.78, 5) is 13.5. The van der Waals surface area contributed by atoms with E-state index in [1.807, 2.05) is 0 Å². The standard InChI is InChI=1S/C9H10N4S/c1-9(2-3-9)8-13-5-6(10)11-4-12-7(5)14-8/h4H,2-3H2,1H3,(H2,10,11,12). The highest BCUT2D eigenvalue weighted by Gasteiger charge is 2.42. The number of fused-ring (bicyclic) bond motifs is 1. The highest BCUT2D eigenvalue weighted by Crippen LogP contribution is 2.49. The average molecular weight is 206 g/mol. The molecular weight excluding hydrogens is 196 g/mol. The smallest absolute Gasteiger partial charge is 0.154 e. The quantitative estimate of drug-likeness (QED) is 0.771. The minimum atomic E-state index is 0.289. The van der Waals surface area contributed by atoms with Crippen LogP contribution < -0.4 is 5.73 Å². The molecule has 0 amide bonds. The van der Waals surface area contributed by atoms with Crippen LogP contribution in [-0.2, 0) is 5.41 Å². The Labute approximate surface area is 85.2 Å². The van der Waals surface area contributed by atoms with Gasteiger partial charge >= 0.3 is 0 Å². The maximum absolute atomic E-state index is 5.73. The van der Waals surface area contributed by atoms with Gasteiger partial charge in [-0.25, -0.2) is 15.0 Å². The van der Waals surface area contributed by atoms with Crippen LogP contribution >= 0.6 is 11.3 Å². The zero-order valence-electron chi connectivity index (χ0n) is 7.82. The molecule has 1 fully saturated rings. The zero-order chi connectivity index (χ0) is 9.76. The van der Waals surface area contributed by atoms with Crippen LogP contribution in [0.1, 0.15) is 24.8 Å². The number of rotatable bonds is 1. The SMILES string of the molecule is CC1(c2nc3c(N)ncnc3s2)CC1. The molecule has 1 aliphatic carbocycles. The van der Waals surface area contributed by atoms with Crippen LogP contribution in [-0.4, -0.2) is 15.0 Å². The maximum atomic E-state index is 5.73. The largest absolute Gasteiger partial charge is 0.382 e. The summed E-state index contributed by atoms with van der Waals surface area (Å²) in [5.74, 6) is 0.488. The lowest BCUT2D eigenvalue weighted by Gasteiger charge is -1.99. The first kappa shape index (κ1) is 8.11. The molecule has 14 heavy (non-hydrogen) atoms. The van der Waals surface area contributed by atoms with Crippen molar-refractivity contribution in [3.63, 3.8) is 0 Å². The molecule has 2 N–H and O–H groups in total. The number of hydrogen-bond acceptors (Lipinski definition) is 5. The molecule has 0 aliphatic heterocycles. The van der Waals surface area contributed by atoms with Gasteiger partial charge < -0.3 is 5.73 Å². The van der Waals surface area contributed by atoms with E-state index in [9.17, 15) is 0 Å². The summed E-state index contributed by atoms with van der Waals surface area (Å²) in [5.41, 5.74) is 6.78. The van der Waals surface area contributed by atoms with Crippen LogP contribution in [0.2, 0.25) is 0 Å². The fourth-order valence-corrected chi connectivity index (χ4v) is 2.55. The van der Waals surface area contributed by atoms with Crippen molar-refractivity contribution < 1.29 is 0 Å². The topological polar surface area (TPSA) is 64.7 Å². The molecule has 2 heterocycles. The van der Waals surface area contributed by atoms with Crippen LogP contribution in [0, 0.1) is 0 Å². The highest BCUT2D eigenvalue weighted by atomic mass is 32.1. The van der Waals surface area contributed by atoms with Crippen LogP contribution in [0.25, 0.3) is 10.3 Å². The Morgan fingerprint density at radius 1 is 1.43 bits per heavy atom. The third-order valence-electron chi connectivity index (χ3n) is 2.74. The Morgan fingerprint density at radius 3 is 2.86 bits per heavy atom. The van der Waals surface area contributed by atoms with Crippen molar-refractivity contribution in [2.75, 3.05) is 5.73 Å². The molecule has 1 saturated carbocycles. The lowest BCUT2D eigenvalue weighted by atomic mass is 10.2. The fraction of sp³-hybridized carbons (Fsp3) is 0.444. The molecule has 3 rings (SSSR count). The number of nitrogen functional groups attached to an aromatic ring is 1. The Balaban J connectivity index is 2.25. The van der Waals surface area contributed by atoms with Crippen molar-refractivity contribution in [2.45, 2.75) is 25.2 Å². The van der Waals surface area contributed by atoms with Crippen molar-refractivity contribution in [1.82, 2.24) is 15.0 Å². The average Bonchev–Trinajstić information content (AvgIpc) is 2.77. The van der Waals surface area contributed by atoms with Crippen molar-refractivity contribution in [3.8, 4) is 0 Å². The van der Waals surface area contributed by atoms with E-state index in [4.69, 9.17) is 5.73 Å². The van der Waals surface area contributed by atoms with E-state index in [0.717, 1.165) is 15.4 Å². The van der Waals surface area contributed by atoms with Gasteiger partial charge in [-0.3, -0.25) is 0 Å². The van der Waals surface area contributed by atoms with Crippen LogP contribution in [0.5, 0.6) is 0 Å². The van der Waals surface area contributed by atoms with Gasteiger partial charge in [-0.2, -0.15) is 0 Å².